The van der Waals surface area contributed by atoms with Gasteiger partial charge in [-0.2, -0.15) is 0 Å². The average molecular weight is 427 g/mol. The van der Waals surface area contributed by atoms with Crippen LogP contribution in [0.1, 0.15) is 40.0 Å². The van der Waals surface area contributed by atoms with Gasteiger partial charge in [-0.05, 0) is 54.9 Å². The molecule has 1 saturated carbocycles. The molecule has 0 amide bonds. The lowest BCUT2D eigenvalue weighted by atomic mass is 9.75. The van der Waals surface area contributed by atoms with Crippen LogP contribution in [0.4, 0.5) is 0 Å². The van der Waals surface area contributed by atoms with Crippen molar-refractivity contribution in [3.63, 3.8) is 0 Å². The highest BCUT2D eigenvalue weighted by atomic mass is 79.9. The van der Waals surface area contributed by atoms with Crippen molar-refractivity contribution in [2.45, 2.75) is 46.1 Å². The molecule has 144 valence electrons. The van der Waals surface area contributed by atoms with Crippen LogP contribution < -0.4 is 4.74 Å². The predicted octanol–water partition coefficient (Wildman–Crippen LogP) is 4.38. The molecule has 1 aromatic carbocycles. The Labute approximate surface area is 163 Å². The predicted molar refractivity (Wildman–Crippen MR) is 102 cm³/mol. The molecule has 0 radical (unpaired) electrons. The lowest BCUT2D eigenvalue weighted by Crippen LogP contribution is -2.37. The number of esters is 2. The number of rotatable bonds is 7. The maximum absolute atomic E-state index is 12.1. The monoisotopic (exact) mass is 426 g/mol. The van der Waals surface area contributed by atoms with Crippen LogP contribution in [-0.2, 0) is 19.1 Å². The summed E-state index contributed by atoms with van der Waals surface area (Å²) in [7, 11) is 0. The quantitative estimate of drug-likeness (QED) is 0.605. The number of halogens is 1. The fourth-order valence-corrected chi connectivity index (χ4v) is 3.57. The molecule has 2 rings (SSSR count). The zero-order chi connectivity index (χ0) is 19.1. The topological polar surface area (TPSA) is 61.8 Å². The Kier molecular flexibility index (Phi) is 7.94. The van der Waals surface area contributed by atoms with Crippen LogP contribution in [0.3, 0.4) is 0 Å². The highest BCUT2D eigenvalue weighted by Crippen LogP contribution is 2.35. The van der Waals surface area contributed by atoms with Crippen LogP contribution >= 0.6 is 15.9 Å². The first-order valence-electron chi connectivity index (χ1n) is 9.08. The lowest BCUT2D eigenvalue weighted by Gasteiger charge is -2.36. The van der Waals surface area contributed by atoms with E-state index in [0.717, 1.165) is 17.3 Å². The molecule has 3 atom stereocenters. The third-order valence-corrected chi connectivity index (χ3v) is 5.29. The van der Waals surface area contributed by atoms with Gasteiger partial charge in [-0.3, -0.25) is 0 Å². The summed E-state index contributed by atoms with van der Waals surface area (Å²) in [5.41, 5.74) is 0. The summed E-state index contributed by atoms with van der Waals surface area (Å²) in [5, 5.41) is 0. The summed E-state index contributed by atoms with van der Waals surface area (Å²) in [6.07, 6.45) is 3.01. The third kappa shape index (κ3) is 6.63. The zero-order valence-corrected chi connectivity index (χ0v) is 17.2. The summed E-state index contributed by atoms with van der Waals surface area (Å²) >= 11 is 3.32. The van der Waals surface area contributed by atoms with Crippen LogP contribution in [-0.4, -0.2) is 31.3 Å². The van der Waals surface area contributed by atoms with Crippen molar-refractivity contribution in [2.75, 3.05) is 13.2 Å². The van der Waals surface area contributed by atoms with Crippen molar-refractivity contribution in [2.24, 2.45) is 17.8 Å². The van der Waals surface area contributed by atoms with Crippen molar-refractivity contribution >= 4 is 27.9 Å². The SMILES string of the molecule is CC1CCC(C(C)C)C(OC(=O)COC(=O)COc2ccc(Br)cc2)C1. The highest BCUT2D eigenvalue weighted by molar-refractivity contribution is 9.10. The van der Waals surface area contributed by atoms with Gasteiger partial charge in [-0.15, -0.1) is 0 Å². The van der Waals surface area contributed by atoms with Crippen molar-refractivity contribution in [3.05, 3.63) is 28.7 Å². The van der Waals surface area contributed by atoms with Crippen LogP contribution in [0.15, 0.2) is 28.7 Å². The van der Waals surface area contributed by atoms with Gasteiger partial charge in [0, 0.05) is 4.47 Å². The second-order valence-electron chi connectivity index (χ2n) is 7.26. The second-order valence-corrected chi connectivity index (χ2v) is 8.17. The lowest BCUT2D eigenvalue weighted by molar-refractivity contribution is -0.167. The summed E-state index contributed by atoms with van der Waals surface area (Å²) in [4.78, 5) is 23.8. The number of carbonyl (C=O) groups is 2. The molecule has 0 N–H and O–H groups in total. The molecular formula is C20H27BrO5. The Hall–Kier alpha value is -1.56. The van der Waals surface area contributed by atoms with Crippen LogP contribution in [0.5, 0.6) is 5.75 Å². The minimum absolute atomic E-state index is 0.0935. The smallest absolute Gasteiger partial charge is 0.344 e. The standard InChI is InChI=1S/C20H27BrO5/c1-13(2)17-9-4-14(3)10-18(17)26-20(23)12-25-19(22)11-24-16-7-5-15(21)6-8-16/h5-8,13-14,17-18H,4,9-12H2,1-3H3. The van der Waals surface area contributed by atoms with Crippen LogP contribution in [0.25, 0.3) is 0 Å². The number of carbonyl (C=O) groups excluding carboxylic acids is 2. The summed E-state index contributed by atoms with van der Waals surface area (Å²) < 4.78 is 16.8. The summed E-state index contributed by atoms with van der Waals surface area (Å²) in [5.74, 6) is 0.844. The third-order valence-electron chi connectivity index (χ3n) is 4.77. The van der Waals surface area contributed by atoms with E-state index in [4.69, 9.17) is 14.2 Å². The fourth-order valence-electron chi connectivity index (χ4n) is 3.31. The number of ether oxygens (including phenoxy) is 3. The van der Waals surface area contributed by atoms with E-state index in [1.54, 1.807) is 12.1 Å². The number of hydrogen-bond acceptors (Lipinski definition) is 5. The maximum Gasteiger partial charge on any atom is 0.344 e. The average Bonchev–Trinajstić information content (AvgIpc) is 2.59. The minimum atomic E-state index is -0.595. The molecule has 1 aromatic rings. The van der Waals surface area contributed by atoms with E-state index in [1.807, 2.05) is 12.1 Å². The van der Waals surface area contributed by atoms with Gasteiger partial charge < -0.3 is 14.2 Å². The highest BCUT2D eigenvalue weighted by Gasteiger charge is 2.33. The Morgan fingerprint density at radius 1 is 1.12 bits per heavy atom. The molecule has 0 heterocycles. The Morgan fingerprint density at radius 3 is 2.46 bits per heavy atom. The minimum Gasteiger partial charge on any atom is -0.482 e. The molecule has 1 fully saturated rings. The molecule has 26 heavy (non-hydrogen) atoms. The van der Waals surface area contributed by atoms with Crippen LogP contribution in [0, 0.1) is 17.8 Å². The van der Waals surface area contributed by atoms with E-state index in [9.17, 15) is 9.59 Å². The molecule has 1 aliphatic carbocycles. The first-order valence-corrected chi connectivity index (χ1v) is 9.88. The Bertz CT molecular complexity index is 599. The molecule has 0 aliphatic heterocycles. The van der Waals surface area contributed by atoms with E-state index >= 15 is 0 Å². The molecule has 6 heteroatoms. The molecule has 0 saturated heterocycles. The first-order chi connectivity index (χ1) is 12.3. The summed E-state index contributed by atoms with van der Waals surface area (Å²) in [6, 6.07) is 7.10. The van der Waals surface area contributed by atoms with Gasteiger partial charge >= 0.3 is 11.9 Å². The number of benzene rings is 1. The first kappa shape index (κ1) is 20.7. The zero-order valence-electron chi connectivity index (χ0n) is 15.6. The molecule has 1 aliphatic rings. The van der Waals surface area contributed by atoms with Gasteiger partial charge in [0.15, 0.2) is 13.2 Å². The van der Waals surface area contributed by atoms with E-state index in [-0.39, 0.29) is 19.3 Å². The van der Waals surface area contributed by atoms with E-state index in [1.165, 1.54) is 6.42 Å². The van der Waals surface area contributed by atoms with E-state index in [0.29, 0.717) is 23.5 Å². The number of hydrogen-bond donors (Lipinski definition) is 0. The Balaban J connectivity index is 1.73. The van der Waals surface area contributed by atoms with Crippen molar-refractivity contribution in [1.29, 1.82) is 0 Å². The fraction of sp³-hybridized carbons (Fsp3) is 0.600. The molecule has 0 bridgehead atoms. The van der Waals surface area contributed by atoms with E-state index < -0.39 is 11.9 Å². The largest absolute Gasteiger partial charge is 0.482 e. The van der Waals surface area contributed by atoms with Crippen LogP contribution in [0.2, 0.25) is 0 Å². The molecular weight excluding hydrogens is 400 g/mol. The van der Waals surface area contributed by atoms with Gasteiger partial charge in [0.2, 0.25) is 0 Å². The Morgan fingerprint density at radius 2 is 1.81 bits per heavy atom. The van der Waals surface area contributed by atoms with Gasteiger partial charge in [-0.25, -0.2) is 9.59 Å². The van der Waals surface area contributed by atoms with Crippen molar-refractivity contribution < 1.29 is 23.8 Å². The van der Waals surface area contributed by atoms with Gasteiger partial charge in [0.05, 0.1) is 0 Å². The summed E-state index contributed by atoms with van der Waals surface area (Å²) in [6.45, 7) is 5.86. The van der Waals surface area contributed by atoms with Gasteiger partial charge in [-0.1, -0.05) is 43.1 Å². The van der Waals surface area contributed by atoms with E-state index in [2.05, 4.69) is 36.7 Å². The van der Waals surface area contributed by atoms with Gasteiger partial charge in [0.1, 0.15) is 11.9 Å². The second kappa shape index (κ2) is 9.95. The van der Waals surface area contributed by atoms with Crippen molar-refractivity contribution in [1.82, 2.24) is 0 Å². The van der Waals surface area contributed by atoms with Crippen molar-refractivity contribution in [3.8, 4) is 5.75 Å². The molecule has 0 spiro atoms. The van der Waals surface area contributed by atoms with Gasteiger partial charge in [0.25, 0.3) is 0 Å². The maximum atomic E-state index is 12.1. The normalized spacial score (nSPS) is 22.7. The molecule has 3 unspecified atom stereocenters. The molecule has 5 nitrogen and oxygen atoms in total. The molecule has 0 aromatic heterocycles.